The molecular formula is C19H27F2N3O3. The number of nitrogens with one attached hydrogen (secondary N) is 1. The van der Waals surface area contributed by atoms with Crippen LogP contribution in [0.15, 0.2) is 24.3 Å². The van der Waals surface area contributed by atoms with Crippen molar-refractivity contribution in [3.8, 4) is 11.5 Å². The fourth-order valence-corrected chi connectivity index (χ4v) is 2.80. The molecule has 1 heterocycles. The Bertz CT molecular complexity index is 633. The average molecular weight is 383 g/mol. The zero-order chi connectivity index (χ0) is 19.6. The van der Waals surface area contributed by atoms with Crippen molar-refractivity contribution in [3.63, 3.8) is 0 Å². The molecule has 1 aromatic rings. The lowest BCUT2D eigenvalue weighted by atomic mass is 10.2. The summed E-state index contributed by atoms with van der Waals surface area (Å²) in [7, 11) is 3.49. The van der Waals surface area contributed by atoms with Gasteiger partial charge in [-0.1, -0.05) is 6.07 Å². The maximum atomic E-state index is 12.3. The monoisotopic (exact) mass is 383 g/mol. The molecule has 0 radical (unpaired) electrons. The summed E-state index contributed by atoms with van der Waals surface area (Å²) in [6, 6.07) is 4.50. The van der Waals surface area contributed by atoms with Crippen LogP contribution in [-0.4, -0.2) is 75.7 Å². The van der Waals surface area contributed by atoms with E-state index in [1.54, 1.807) is 12.1 Å². The van der Waals surface area contributed by atoms with E-state index in [4.69, 9.17) is 4.74 Å². The number of nitrogens with zero attached hydrogens (tertiary/aromatic N) is 2. The number of amides is 1. The SMILES string of the molecule is COc1cc(/C=C/C(=O)NCCCN2CCN(C)CC2)ccc1OC(F)F. The smallest absolute Gasteiger partial charge is 0.387 e. The molecule has 0 aromatic heterocycles. The highest BCUT2D eigenvalue weighted by Gasteiger charge is 2.13. The van der Waals surface area contributed by atoms with Crippen LogP contribution < -0.4 is 14.8 Å². The van der Waals surface area contributed by atoms with Gasteiger partial charge in [-0.2, -0.15) is 8.78 Å². The Morgan fingerprint density at radius 3 is 2.67 bits per heavy atom. The Labute approximate surface area is 158 Å². The largest absolute Gasteiger partial charge is 0.493 e. The first kappa shape index (κ1) is 21.1. The molecule has 0 aliphatic carbocycles. The van der Waals surface area contributed by atoms with Crippen molar-refractivity contribution < 1.29 is 23.0 Å². The molecule has 0 bridgehead atoms. The van der Waals surface area contributed by atoms with Gasteiger partial charge in [0.25, 0.3) is 0 Å². The number of hydrogen-bond acceptors (Lipinski definition) is 5. The van der Waals surface area contributed by atoms with Crippen LogP contribution in [0.4, 0.5) is 8.78 Å². The number of carbonyl (C=O) groups is 1. The van der Waals surface area contributed by atoms with Gasteiger partial charge in [0.2, 0.25) is 5.91 Å². The lowest BCUT2D eigenvalue weighted by Crippen LogP contribution is -2.45. The minimum atomic E-state index is -2.92. The summed E-state index contributed by atoms with van der Waals surface area (Å²) >= 11 is 0. The summed E-state index contributed by atoms with van der Waals surface area (Å²) < 4.78 is 34.1. The first-order valence-electron chi connectivity index (χ1n) is 8.97. The second-order valence-electron chi connectivity index (χ2n) is 6.41. The average Bonchev–Trinajstić information content (AvgIpc) is 2.65. The van der Waals surface area contributed by atoms with Gasteiger partial charge in [0.05, 0.1) is 7.11 Å². The summed E-state index contributed by atoms with van der Waals surface area (Å²) in [6.45, 7) is 2.96. The number of benzene rings is 1. The molecule has 27 heavy (non-hydrogen) atoms. The minimum Gasteiger partial charge on any atom is -0.493 e. The maximum Gasteiger partial charge on any atom is 0.387 e. The van der Waals surface area contributed by atoms with Gasteiger partial charge >= 0.3 is 6.61 Å². The Hall–Kier alpha value is -2.19. The van der Waals surface area contributed by atoms with Crippen LogP contribution >= 0.6 is 0 Å². The van der Waals surface area contributed by atoms with Crippen molar-refractivity contribution in [2.24, 2.45) is 0 Å². The molecule has 0 atom stereocenters. The van der Waals surface area contributed by atoms with Crippen LogP contribution in [0, 0.1) is 0 Å². The van der Waals surface area contributed by atoms with Gasteiger partial charge in [0.1, 0.15) is 0 Å². The van der Waals surface area contributed by atoms with Crippen molar-refractivity contribution >= 4 is 12.0 Å². The van der Waals surface area contributed by atoms with Gasteiger partial charge in [0, 0.05) is 38.8 Å². The van der Waals surface area contributed by atoms with Crippen LogP contribution in [0.25, 0.3) is 6.08 Å². The fourth-order valence-electron chi connectivity index (χ4n) is 2.80. The summed E-state index contributed by atoms with van der Waals surface area (Å²) in [5, 5.41) is 2.85. The molecule has 0 unspecified atom stereocenters. The Morgan fingerprint density at radius 1 is 1.26 bits per heavy atom. The second-order valence-corrected chi connectivity index (χ2v) is 6.41. The molecule has 6 nitrogen and oxygen atoms in total. The van der Waals surface area contributed by atoms with Gasteiger partial charge in [-0.25, -0.2) is 0 Å². The van der Waals surface area contributed by atoms with E-state index in [1.807, 2.05) is 0 Å². The number of likely N-dealkylation sites (N-methyl/N-ethyl adjacent to an activating group) is 1. The zero-order valence-electron chi connectivity index (χ0n) is 15.8. The number of ether oxygens (including phenoxy) is 2. The molecule has 0 saturated carbocycles. The van der Waals surface area contributed by atoms with E-state index >= 15 is 0 Å². The van der Waals surface area contributed by atoms with Gasteiger partial charge in [-0.05, 0) is 43.8 Å². The van der Waals surface area contributed by atoms with Crippen molar-refractivity contribution in [2.45, 2.75) is 13.0 Å². The lowest BCUT2D eigenvalue weighted by molar-refractivity contribution is -0.116. The number of carbonyl (C=O) groups excluding carboxylic acids is 1. The number of halogens is 2. The third kappa shape index (κ3) is 7.52. The summed E-state index contributed by atoms with van der Waals surface area (Å²) in [4.78, 5) is 16.6. The van der Waals surface area contributed by atoms with E-state index in [-0.39, 0.29) is 17.4 Å². The molecule has 1 aromatic carbocycles. The van der Waals surface area contributed by atoms with E-state index in [2.05, 4.69) is 26.9 Å². The molecule has 1 aliphatic heterocycles. The molecule has 8 heteroatoms. The van der Waals surface area contributed by atoms with Crippen molar-refractivity contribution in [3.05, 3.63) is 29.8 Å². The van der Waals surface area contributed by atoms with Crippen LogP contribution in [0.3, 0.4) is 0 Å². The fraction of sp³-hybridized carbons (Fsp3) is 0.526. The standard InChI is InChI=1S/C19H27F2N3O3/c1-23-10-12-24(13-11-23)9-3-8-22-18(25)7-5-15-4-6-16(27-19(20)21)17(14-15)26-2/h4-7,14,19H,3,8-13H2,1-2H3,(H,22,25)/b7-5+. The minimum absolute atomic E-state index is 0.0435. The van der Waals surface area contributed by atoms with Gasteiger partial charge in [-0.3, -0.25) is 4.79 Å². The Morgan fingerprint density at radius 2 is 2.00 bits per heavy atom. The molecule has 150 valence electrons. The normalized spacial score (nSPS) is 16.0. The molecule has 1 fully saturated rings. The van der Waals surface area contributed by atoms with E-state index in [0.717, 1.165) is 39.1 Å². The van der Waals surface area contributed by atoms with Crippen LogP contribution in [0.1, 0.15) is 12.0 Å². The number of hydrogen-bond donors (Lipinski definition) is 1. The Kier molecular flexibility index (Phi) is 8.47. The van der Waals surface area contributed by atoms with Gasteiger partial charge < -0.3 is 24.6 Å². The third-order valence-corrected chi connectivity index (χ3v) is 4.38. The third-order valence-electron chi connectivity index (χ3n) is 4.38. The highest BCUT2D eigenvalue weighted by atomic mass is 19.3. The number of piperazine rings is 1. The topological polar surface area (TPSA) is 54.0 Å². The predicted molar refractivity (Wildman–Crippen MR) is 100 cm³/mol. The van der Waals surface area contributed by atoms with Crippen LogP contribution in [0.2, 0.25) is 0 Å². The molecule has 1 aliphatic rings. The molecule has 2 rings (SSSR count). The van der Waals surface area contributed by atoms with Gasteiger partial charge in [0.15, 0.2) is 11.5 Å². The molecule has 0 spiro atoms. The van der Waals surface area contributed by atoms with E-state index in [9.17, 15) is 13.6 Å². The summed E-state index contributed by atoms with van der Waals surface area (Å²) in [6.07, 6.45) is 3.92. The van der Waals surface area contributed by atoms with Crippen LogP contribution in [-0.2, 0) is 4.79 Å². The molecule has 1 amide bonds. The quantitative estimate of drug-likeness (QED) is 0.523. The number of alkyl halides is 2. The molecular weight excluding hydrogens is 356 g/mol. The van der Waals surface area contributed by atoms with E-state index < -0.39 is 6.61 Å². The van der Waals surface area contributed by atoms with E-state index in [0.29, 0.717) is 12.1 Å². The van der Waals surface area contributed by atoms with Gasteiger partial charge in [-0.15, -0.1) is 0 Å². The maximum absolute atomic E-state index is 12.3. The summed E-state index contributed by atoms with van der Waals surface area (Å²) in [5.74, 6) is -0.0525. The Balaban J connectivity index is 1.74. The summed E-state index contributed by atoms with van der Waals surface area (Å²) in [5.41, 5.74) is 0.654. The number of methoxy groups -OCH3 is 1. The highest BCUT2D eigenvalue weighted by molar-refractivity contribution is 5.91. The predicted octanol–water partition coefficient (Wildman–Crippen LogP) is 2.06. The highest BCUT2D eigenvalue weighted by Crippen LogP contribution is 2.29. The van der Waals surface area contributed by atoms with Crippen molar-refractivity contribution in [2.75, 3.05) is 53.4 Å². The van der Waals surface area contributed by atoms with Crippen LogP contribution in [0.5, 0.6) is 11.5 Å². The van der Waals surface area contributed by atoms with Crippen molar-refractivity contribution in [1.82, 2.24) is 15.1 Å². The molecule has 1 N–H and O–H groups in total. The molecule has 1 saturated heterocycles. The lowest BCUT2D eigenvalue weighted by Gasteiger charge is -2.32. The zero-order valence-corrected chi connectivity index (χ0v) is 15.8. The first-order chi connectivity index (χ1) is 13.0. The number of rotatable bonds is 9. The first-order valence-corrected chi connectivity index (χ1v) is 8.97. The van der Waals surface area contributed by atoms with Crippen molar-refractivity contribution in [1.29, 1.82) is 0 Å². The second kappa shape index (κ2) is 10.8. The van der Waals surface area contributed by atoms with E-state index in [1.165, 1.54) is 25.3 Å².